The molecule has 3 aromatic carbocycles. The molecule has 1 saturated carbocycles. The molecule has 1 aromatic heterocycles. The number of benzene rings is 3. The van der Waals surface area contributed by atoms with Crippen molar-refractivity contribution < 1.29 is 14.4 Å². The number of nitrogens with zero attached hydrogens (tertiary/aromatic N) is 1. The van der Waals surface area contributed by atoms with E-state index in [-0.39, 0.29) is 0 Å². The second-order valence-corrected chi connectivity index (χ2v) is 9.50. The van der Waals surface area contributed by atoms with Gasteiger partial charge in [0.1, 0.15) is 0 Å². The Labute approximate surface area is 205 Å². The molecule has 1 aliphatic carbocycles. The third kappa shape index (κ3) is 4.57. The average Bonchev–Trinajstić information content (AvgIpc) is 3.63. The number of aryl methyl sites for hydroxylation is 1. The van der Waals surface area contributed by atoms with Crippen LogP contribution in [-0.2, 0) is 10.2 Å². The van der Waals surface area contributed by atoms with Gasteiger partial charge >= 0.3 is 5.97 Å². The second kappa shape index (κ2) is 9.38. The van der Waals surface area contributed by atoms with Crippen molar-refractivity contribution >= 4 is 12.0 Å². The molecule has 4 heteroatoms. The SMILES string of the molecule is Cc1noc(-c2ccc(-c3ccc(C4(C(=O)O)CC4)cc3)cc2)c1/C=C/CC(C)c1ccccc1. The van der Waals surface area contributed by atoms with Crippen molar-refractivity contribution in [1.29, 1.82) is 0 Å². The minimum absolute atomic E-state index is 0.437. The molecule has 4 nitrogen and oxygen atoms in total. The zero-order valence-electron chi connectivity index (χ0n) is 20.1. The number of hydrogen-bond donors (Lipinski definition) is 1. The summed E-state index contributed by atoms with van der Waals surface area (Å²) in [7, 11) is 0. The molecule has 1 unspecified atom stereocenters. The molecule has 0 aliphatic heterocycles. The highest BCUT2D eigenvalue weighted by molar-refractivity contribution is 5.85. The summed E-state index contributed by atoms with van der Waals surface area (Å²) in [5.41, 5.74) is 6.54. The lowest BCUT2D eigenvalue weighted by atomic mass is 9.93. The Bertz CT molecular complexity index is 1340. The number of aromatic nitrogens is 1. The summed E-state index contributed by atoms with van der Waals surface area (Å²) in [6.07, 6.45) is 6.68. The van der Waals surface area contributed by atoms with Crippen LogP contribution in [0.2, 0.25) is 0 Å². The van der Waals surface area contributed by atoms with Gasteiger partial charge in [0.05, 0.1) is 11.1 Å². The Morgan fingerprint density at radius 1 is 0.971 bits per heavy atom. The van der Waals surface area contributed by atoms with Gasteiger partial charge in [-0.25, -0.2) is 0 Å². The number of carboxylic acid groups (broad SMARTS) is 1. The van der Waals surface area contributed by atoms with Gasteiger partial charge < -0.3 is 9.63 Å². The van der Waals surface area contributed by atoms with Crippen molar-refractivity contribution in [1.82, 2.24) is 5.16 Å². The molecule has 1 N–H and O–H groups in total. The van der Waals surface area contributed by atoms with E-state index in [0.29, 0.717) is 5.92 Å². The van der Waals surface area contributed by atoms with E-state index >= 15 is 0 Å². The van der Waals surface area contributed by atoms with E-state index in [1.165, 1.54) is 5.56 Å². The smallest absolute Gasteiger partial charge is 0.314 e. The molecule has 0 bridgehead atoms. The molecular weight excluding hydrogens is 434 g/mol. The Kier molecular flexibility index (Phi) is 6.12. The molecule has 5 rings (SSSR count). The molecule has 0 spiro atoms. The predicted molar refractivity (Wildman–Crippen MR) is 139 cm³/mol. The van der Waals surface area contributed by atoms with Gasteiger partial charge in [0.15, 0.2) is 5.76 Å². The highest BCUT2D eigenvalue weighted by Crippen LogP contribution is 2.48. The average molecular weight is 464 g/mol. The fraction of sp³-hybridized carbons (Fsp3) is 0.226. The molecule has 0 radical (unpaired) electrons. The second-order valence-electron chi connectivity index (χ2n) is 9.50. The molecule has 1 fully saturated rings. The minimum Gasteiger partial charge on any atom is -0.481 e. The van der Waals surface area contributed by atoms with Crippen LogP contribution in [0.4, 0.5) is 0 Å². The Hall–Kier alpha value is -3.92. The summed E-state index contributed by atoms with van der Waals surface area (Å²) in [6.45, 7) is 4.20. The summed E-state index contributed by atoms with van der Waals surface area (Å²) in [4.78, 5) is 11.6. The van der Waals surface area contributed by atoms with Gasteiger partial charge in [0.25, 0.3) is 0 Å². The van der Waals surface area contributed by atoms with Gasteiger partial charge in [-0.15, -0.1) is 0 Å². The van der Waals surface area contributed by atoms with Crippen molar-refractivity contribution in [3.05, 3.63) is 107 Å². The van der Waals surface area contributed by atoms with Crippen molar-refractivity contribution in [2.24, 2.45) is 0 Å². The van der Waals surface area contributed by atoms with Crippen LogP contribution >= 0.6 is 0 Å². The predicted octanol–water partition coefficient (Wildman–Crippen LogP) is 7.64. The lowest BCUT2D eigenvalue weighted by Crippen LogP contribution is -2.19. The Morgan fingerprint density at radius 3 is 2.17 bits per heavy atom. The van der Waals surface area contributed by atoms with E-state index in [1.54, 1.807) is 0 Å². The molecule has 1 heterocycles. The quantitative estimate of drug-likeness (QED) is 0.292. The van der Waals surface area contributed by atoms with Gasteiger partial charge in [-0.3, -0.25) is 4.79 Å². The van der Waals surface area contributed by atoms with Gasteiger partial charge in [0.2, 0.25) is 0 Å². The fourth-order valence-corrected chi connectivity index (χ4v) is 4.64. The molecule has 35 heavy (non-hydrogen) atoms. The van der Waals surface area contributed by atoms with Crippen LogP contribution in [0.1, 0.15) is 54.5 Å². The first kappa shape index (κ1) is 22.9. The topological polar surface area (TPSA) is 63.3 Å². The number of carbonyl (C=O) groups is 1. The monoisotopic (exact) mass is 463 g/mol. The number of carboxylic acids is 1. The molecule has 0 saturated heterocycles. The van der Waals surface area contributed by atoms with Crippen LogP contribution in [-0.4, -0.2) is 16.2 Å². The summed E-state index contributed by atoms with van der Waals surface area (Å²) in [6, 6.07) is 26.7. The molecule has 176 valence electrons. The number of hydrogen-bond acceptors (Lipinski definition) is 3. The maximum atomic E-state index is 11.6. The Balaban J connectivity index is 1.31. The van der Waals surface area contributed by atoms with Crippen molar-refractivity contribution in [2.75, 3.05) is 0 Å². The van der Waals surface area contributed by atoms with Crippen LogP contribution in [0.15, 0.2) is 89.5 Å². The number of rotatable bonds is 8. The minimum atomic E-state index is -0.726. The molecule has 1 atom stereocenters. The third-order valence-electron chi connectivity index (χ3n) is 7.13. The van der Waals surface area contributed by atoms with Gasteiger partial charge in [-0.1, -0.05) is 103 Å². The fourth-order valence-electron chi connectivity index (χ4n) is 4.64. The first-order valence-corrected chi connectivity index (χ1v) is 12.1. The van der Waals surface area contributed by atoms with E-state index in [1.807, 2.05) is 49.4 Å². The van der Waals surface area contributed by atoms with Crippen LogP contribution in [0, 0.1) is 6.92 Å². The lowest BCUT2D eigenvalue weighted by Gasteiger charge is -2.11. The largest absolute Gasteiger partial charge is 0.481 e. The maximum absolute atomic E-state index is 11.6. The first-order valence-electron chi connectivity index (χ1n) is 12.1. The zero-order valence-corrected chi connectivity index (χ0v) is 20.1. The van der Waals surface area contributed by atoms with Gasteiger partial charge in [-0.2, -0.15) is 0 Å². The van der Waals surface area contributed by atoms with E-state index in [4.69, 9.17) is 4.52 Å². The summed E-state index contributed by atoms with van der Waals surface area (Å²) < 4.78 is 5.69. The van der Waals surface area contributed by atoms with Crippen LogP contribution < -0.4 is 0 Å². The first-order chi connectivity index (χ1) is 17.0. The van der Waals surface area contributed by atoms with Crippen molar-refractivity contribution in [3.63, 3.8) is 0 Å². The van der Waals surface area contributed by atoms with E-state index < -0.39 is 11.4 Å². The normalized spacial score (nSPS) is 15.3. The van der Waals surface area contributed by atoms with Crippen LogP contribution in [0.5, 0.6) is 0 Å². The van der Waals surface area contributed by atoms with Gasteiger partial charge in [-0.05, 0) is 54.4 Å². The number of aliphatic carboxylic acids is 1. The standard InChI is InChI=1S/C31H29NO3/c1-21(23-8-4-3-5-9-23)7-6-10-28-22(2)32-35-29(28)26-13-11-24(12-14-26)25-15-17-27(18-16-25)31(19-20-31)30(33)34/h3-6,8-18,21H,7,19-20H2,1-2H3,(H,33,34)/b10-6+. The Morgan fingerprint density at radius 2 is 1.57 bits per heavy atom. The van der Waals surface area contributed by atoms with Crippen molar-refractivity contribution in [2.45, 2.75) is 44.4 Å². The van der Waals surface area contributed by atoms with E-state index in [2.05, 4.69) is 60.6 Å². The van der Waals surface area contributed by atoms with Crippen LogP contribution in [0.25, 0.3) is 28.5 Å². The highest BCUT2D eigenvalue weighted by atomic mass is 16.5. The molecule has 0 amide bonds. The summed E-state index contributed by atoms with van der Waals surface area (Å²) in [5, 5.41) is 13.7. The van der Waals surface area contributed by atoms with Crippen molar-refractivity contribution in [3.8, 4) is 22.5 Å². The summed E-state index contributed by atoms with van der Waals surface area (Å²) in [5.74, 6) is 0.480. The van der Waals surface area contributed by atoms with Gasteiger partial charge in [0, 0.05) is 11.1 Å². The molecule has 1 aliphatic rings. The van der Waals surface area contributed by atoms with Crippen LogP contribution in [0.3, 0.4) is 0 Å². The third-order valence-corrected chi connectivity index (χ3v) is 7.13. The maximum Gasteiger partial charge on any atom is 0.314 e. The molecule has 4 aromatic rings. The van der Waals surface area contributed by atoms with E-state index in [9.17, 15) is 9.90 Å². The highest BCUT2D eigenvalue weighted by Gasteiger charge is 2.51. The molecular formula is C31H29NO3. The number of allylic oxidation sites excluding steroid dienone is 1. The van der Waals surface area contributed by atoms with E-state index in [0.717, 1.165) is 58.5 Å². The lowest BCUT2D eigenvalue weighted by molar-refractivity contribution is -0.140. The summed E-state index contributed by atoms with van der Waals surface area (Å²) >= 11 is 0. The zero-order chi connectivity index (χ0) is 24.4.